The third-order valence-electron chi connectivity index (χ3n) is 3.02. The van der Waals surface area contributed by atoms with Gasteiger partial charge in [0.15, 0.2) is 6.61 Å². The van der Waals surface area contributed by atoms with Crippen molar-refractivity contribution in [1.29, 1.82) is 0 Å². The fourth-order valence-electron chi connectivity index (χ4n) is 2.20. The van der Waals surface area contributed by atoms with E-state index in [1.54, 1.807) is 23.1 Å². The van der Waals surface area contributed by atoms with Crippen LogP contribution in [0, 0.1) is 0 Å². The zero-order chi connectivity index (χ0) is 14.7. The Morgan fingerprint density at radius 1 is 1.35 bits per heavy atom. The maximum absolute atomic E-state index is 12.1. The van der Waals surface area contributed by atoms with Crippen molar-refractivity contribution in [3.05, 3.63) is 28.2 Å². The number of morpholine rings is 1. The van der Waals surface area contributed by atoms with Crippen LogP contribution in [0.4, 0.5) is 0 Å². The number of rotatable bonds is 3. The molecule has 1 saturated heterocycles. The van der Waals surface area contributed by atoms with E-state index in [0.29, 0.717) is 28.9 Å². The van der Waals surface area contributed by atoms with Gasteiger partial charge in [-0.2, -0.15) is 0 Å². The Bertz CT molecular complexity index is 485. The third kappa shape index (κ3) is 4.01. The molecule has 1 aromatic carbocycles. The first kappa shape index (κ1) is 15.4. The van der Waals surface area contributed by atoms with Gasteiger partial charge in [0.05, 0.1) is 17.2 Å². The van der Waals surface area contributed by atoms with Crippen LogP contribution in [0.15, 0.2) is 18.2 Å². The van der Waals surface area contributed by atoms with Crippen LogP contribution in [-0.4, -0.2) is 42.7 Å². The molecule has 1 aliphatic heterocycles. The summed E-state index contributed by atoms with van der Waals surface area (Å²) >= 11 is 11.8. The van der Waals surface area contributed by atoms with E-state index in [9.17, 15) is 4.79 Å². The highest BCUT2D eigenvalue weighted by Gasteiger charge is 2.26. The molecule has 1 aromatic rings. The maximum atomic E-state index is 12.1. The van der Waals surface area contributed by atoms with Crippen molar-refractivity contribution in [1.82, 2.24) is 4.90 Å². The summed E-state index contributed by atoms with van der Waals surface area (Å²) in [5, 5.41) is 0.929. The van der Waals surface area contributed by atoms with Gasteiger partial charge >= 0.3 is 0 Å². The van der Waals surface area contributed by atoms with Gasteiger partial charge in [-0.3, -0.25) is 4.79 Å². The van der Waals surface area contributed by atoms with Crippen molar-refractivity contribution in [3.63, 3.8) is 0 Å². The minimum absolute atomic E-state index is 0.0409. The van der Waals surface area contributed by atoms with E-state index < -0.39 is 0 Å². The lowest BCUT2D eigenvalue weighted by molar-refractivity contribution is -0.145. The largest absolute Gasteiger partial charge is 0.482 e. The van der Waals surface area contributed by atoms with Crippen molar-refractivity contribution in [2.24, 2.45) is 0 Å². The molecule has 0 unspecified atom stereocenters. The van der Waals surface area contributed by atoms with Gasteiger partial charge in [0.2, 0.25) is 0 Å². The van der Waals surface area contributed by atoms with Crippen LogP contribution in [-0.2, 0) is 9.53 Å². The lowest BCUT2D eigenvalue weighted by atomic mass is 10.2. The Morgan fingerprint density at radius 2 is 2.00 bits per heavy atom. The minimum atomic E-state index is -0.0713. The summed E-state index contributed by atoms with van der Waals surface area (Å²) < 4.78 is 11.0. The molecule has 110 valence electrons. The van der Waals surface area contributed by atoms with E-state index >= 15 is 0 Å². The van der Waals surface area contributed by atoms with Gasteiger partial charge in [-0.1, -0.05) is 23.2 Å². The number of halogens is 2. The zero-order valence-corrected chi connectivity index (χ0v) is 12.9. The standard InChI is InChI=1S/C14H17Cl2NO3/c1-9-6-17(7-10(2)20-9)14(18)8-19-13-4-3-11(15)5-12(13)16/h3-5,9-10H,6-8H2,1-2H3/t9-,10-/m0/s1. The van der Waals surface area contributed by atoms with Gasteiger partial charge in [0.1, 0.15) is 5.75 Å². The molecular formula is C14H17Cl2NO3. The fourth-order valence-corrected chi connectivity index (χ4v) is 2.67. The normalized spacial score (nSPS) is 22.7. The molecule has 2 atom stereocenters. The predicted octanol–water partition coefficient (Wildman–Crippen LogP) is 3.01. The van der Waals surface area contributed by atoms with E-state index in [2.05, 4.69) is 0 Å². The van der Waals surface area contributed by atoms with Crippen LogP contribution in [0.2, 0.25) is 10.0 Å². The quantitative estimate of drug-likeness (QED) is 0.860. The molecule has 0 aliphatic carbocycles. The molecule has 0 saturated carbocycles. The Labute approximate surface area is 128 Å². The highest BCUT2D eigenvalue weighted by atomic mass is 35.5. The van der Waals surface area contributed by atoms with Gasteiger partial charge in [-0.05, 0) is 32.0 Å². The van der Waals surface area contributed by atoms with Gasteiger partial charge in [-0.25, -0.2) is 0 Å². The molecule has 4 nitrogen and oxygen atoms in total. The average Bonchev–Trinajstić information content (AvgIpc) is 2.36. The van der Waals surface area contributed by atoms with E-state index in [1.165, 1.54) is 0 Å². The first-order valence-corrected chi connectivity index (χ1v) is 7.22. The Balaban J connectivity index is 1.91. The molecule has 0 spiro atoms. The molecule has 6 heteroatoms. The maximum Gasteiger partial charge on any atom is 0.260 e. The van der Waals surface area contributed by atoms with Crippen LogP contribution < -0.4 is 4.74 Å². The summed E-state index contributed by atoms with van der Waals surface area (Å²) in [6.45, 7) is 5.03. The molecule has 0 radical (unpaired) electrons. The van der Waals surface area contributed by atoms with E-state index in [0.717, 1.165) is 0 Å². The van der Waals surface area contributed by atoms with Crippen LogP contribution in [0.5, 0.6) is 5.75 Å². The van der Waals surface area contributed by atoms with Crippen molar-refractivity contribution in [3.8, 4) is 5.75 Å². The first-order valence-electron chi connectivity index (χ1n) is 6.47. The van der Waals surface area contributed by atoms with Crippen molar-refractivity contribution >= 4 is 29.1 Å². The van der Waals surface area contributed by atoms with E-state index in [4.69, 9.17) is 32.7 Å². The Kier molecular flexibility index (Phi) is 5.13. The summed E-state index contributed by atoms with van der Waals surface area (Å²) in [6, 6.07) is 4.91. The predicted molar refractivity (Wildman–Crippen MR) is 78.5 cm³/mol. The Hall–Kier alpha value is -0.970. The van der Waals surface area contributed by atoms with E-state index in [1.807, 2.05) is 13.8 Å². The first-order chi connectivity index (χ1) is 9.45. The summed E-state index contributed by atoms with van der Waals surface area (Å²) in [4.78, 5) is 13.9. The van der Waals surface area contributed by atoms with Crippen LogP contribution in [0.1, 0.15) is 13.8 Å². The highest BCUT2D eigenvalue weighted by Crippen LogP contribution is 2.27. The second kappa shape index (κ2) is 6.66. The smallest absolute Gasteiger partial charge is 0.260 e. The monoisotopic (exact) mass is 317 g/mol. The Morgan fingerprint density at radius 3 is 2.60 bits per heavy atom. The molecule has 20 heavy (non-hydrogen) atoms. The number of ether oxygens (including phenoxy) is 2. The van der Waals surface area contributed by atoms with Gasteiger partial charge in [0, 0.05) is 18.1 Å². The zero-order valence-electron chi connectivity index (χ0n) is 11.4. The molecule has 2 rings (SSSR count). The highest BCUT2D eigenvalue weighted by molar-refractivity contribution is 6.35. The van der Waals surface area contributed by atoms with Gasteiger partial charge < -0.3 is 14.4 Å². The molecule has 0 aromatic heterocycles. The van der Waals surface area contributed by atoms with Crippen LogP contribution in [0.25, 0.3) is 0 Å². The number of amides is 1. The number of benzene rings is 1. The molecule has 0 bridgehead atoms. The molecular weight excluding hydrogens is 301 g/mol. The number of carbonyl (C=O) groups is 1. The molecule has 1 fully saturated rings. The second-order valence-electron chi connectivity index (χ2n) is 4.92. The summed E-state index contributed by atoms with van der Waals surface area (Å²) in [5.74, 6) is 0.386. The minimum Gasteiger partial charge on any atom is -0.482 e. The van der Waals surface area contributed by atoms with Gasteiger partial charge in [-0.15, -0.1) is 0 Å². The number of carbonyl (C=O) groups excluding carboxylic acids is 1. The average molecular weight is 318 g/mol. The molecule has 1 aliphatic rings. The van der Waals surface area contributed by atoms with Gasteiger partial charge in [0.25, 0.3) is 5.91 Å². The number of nitrogens with zero attached hydrogens (tertiary/aromatic N) is 1. The SMILES string of the molecule is C[C@H]1CN(C(=O)COc2ccc(Cl)cc2Cl)C[C@H](C)O1. The van der Waals surface area contributed by atoms with Crippen molar-refractivity contribution in [2.75, 3.05) is 19.7 Å². The lowest BCUT2D eigenvalue weighted by Gasteiger charge is -2.35. The molecule has 1 heterocycles. The third-order valence-corrected chi connectivity index (χ3v) is 3.55. The molecule has 0 N–H and O–H groups in total. The number of hydrogen-bond donors (Lipinski definition) is 0. The van der Waals surface area contributed by atoms with Crippen LogP contribution in [0.3, 0.4) is 0 Å². The summed E-state index contributed by atoms with van der Waals surface area (Å²) in [7, 11) is 0. The van der Waals surface area contributed by atoms with Crippen molar-refractivity contribution in [2.45, 2.75) is 26.1 Å². The topological polar surface area (TPSA) is 38.8 Å². The molecule has 1 amide bonds. The van der Waals surface area contributed by atoms with Crippen LogP contribution >= 0.6 is 23.2 Å². The van der Waals surface area contributed by atoms with E-state index in [-0.39, 0.29) is 24.7 Å². The second-order valence-corrected chi connectivity index (χ2v) is 5.76. The number of hydrogen-bond acceptors (Lipinski definition) is 3. The lowest BCUT2D eigenvalue weighted by Crippen LogP contribution is -2.49. The van der Waals surface area contributed by atoms with Crippen molar-refractivity contribution < 1.29 is 14.3 Å². The fraction of sp³-hybridized carbons (Fsp3) is 0.500. The summed E-state index contributed by atoms with van der Waals surface area (Å²) in [5.41, 5.74) is 0. The summed E-state index contributed by atoms with van der Waals surface area (Å²) in [6.07, 6.45) is 0.0867.